The molecule has 2 heterocycles. The van der Waals surface area contributed by atoms with Gasteiger partial charge in [-0.25, -0.2) is 0 Å². The smallest absolute Gasteiger partial charge is 0.248 e. The molecule has 150 valence electrons. The predicted molar refractivity (Wildman–Crippen MR) is 110 cm³/mol. The van der Waals surface area contributed by atoms with E-state index in [0.717, 1.165) is 22.6 Å². The van der Waals surface area contributed by atoms with Crippen LogP contribution in [-0.2, 0) is 17.9 Å². The fourth-order valence-electron chi connectivity index (χ4n) is 3.38. The SMILES string of the molecule is COc1cc(OC)c(N(C)C(=O)Cn2ncc3c2-c2ccccc2OC3)cc1Cl. The maximum absolute atomic E-state index is 13.0. The summed E-state index contributed by atoms with van der Waals surface area (Å²) in [5.41, 5.74) is 3.32. The van der Waals surface area contributed by atoms with Crippen molar-refractivity contribution in [2.45, 2.75) is 13.2 Å². The van der Waals surface area contributed by atoms with Gasteiger partial charge in [0, 0.05) is 24.2 Å². The predicted octanol–water partition coefficient (Wildman–Crippen LogP) is 3.78. The molecular weight excluding hydrogens is 394 g/mol. The number of aromatic nitrogens is 2. The van der Waals surface area contributed by atoms with E-state index in [1.165, 1.54) is 19.1 Å². The number of methoxy groups -OCH3 is 2. The minimum Gasteiger partial charge on any atom is -0.495 e. The molecule has 29 heavy (non-hydrogen) atoms. The Labute approximate surface area is 173 Å². The number of ether oxygens (including phenoxy) is 3. The van der Waals surface area contributed by atoms with Gasteiger partial charge in [0.15, 0.2) is 0 Å². The lowest BCUT2D eigenvalue weighted by Crippen LogP contribution is -2.31. The van der Waals surface area contributed by atoms with Crippen LogP contribution >= 0.6 is 11.6 Å². The lowest BCUT2D eigenvalue weighted by molar-refractivity contribution is -0.119. The molecule has 0 fully saturated rings. The van der Waals surface area contributed by atoms with Gasteiger partial charge in [0.05, 0.1) is 36.8 Å². The Morgan fingerprint density at radius 3 is 2.76 bits per heavy atom. The molecule has 0 bridgehead atoms. The van der Waals surface area contributed by atoms with Gasteiger partial charge < -0.3 is 19.1 Å². The number of carbonyl (C=O) groups is 1. The van der Waals surface area contributed by atoms with Crippen LogP contribution in [0, 0.1) is 0 Å². The molecule has 7 nitrogen and oxygen atoms in total. The first kappa shape index (κ1) is 19.1. The molecule has 0 radical (unpaired) electrons. The summed E-state index contributed by atoms with van der Waals surface area (Å²) in [6.07, 6.45) is 1.74. The standard InChI is InChI=1S/C21H20ClN3O4/c1-24(16-8-15(22)18(27-2)9-19(16)28-3)20(26)11-25-21-13(10-23-25)12-29-17-7-5-4-6-14(17)21/h4-10H,11-12H2,1-3H3. The summed E-state index contributed by atoms with van der Waals surface area (Å²) in [5, 5.41) is 4.81. The van der Waals surface area contributed by atoms with Gasteiger partial charge in [-0.05, 0) is 18.2 Å². The van der Waals surface area contributed by atoms with Crippen molar-refractivity contribution in [1.29, 1.82) is 0 Å². The molecule has 0 saturated carbocycles. The third kappa shape index (κ3) is 3.38. The molecule has 0 unspecified atom stereocenters. The van der Waals surface area contributed by atoms with E-state index in [1.807, 2.05) is 24.3 Å². The minimum atomic E-state index is -0.167. The number of hydrogen-bond donors (Lipinski definition) is 0. The van der Waals surface area contributed by atoms with Gasteiger partial charge >= 0.3 is 0 Å². The number of benzene rings is 2. The Morgan fingerprint density at radius 1 is 1.24 bits per heavy atom. The van der Waals surface area contributed by atoms with Gasteiger partial charge in [-0.3, -0.25) is 9.48 Å². The van der Waals surface area contributed by atoms with Crippen molar-refractivity contribution in [3.8, 4) is 28.5 Å². The van der Waals surface area contributed by atoms with Gasteiger partial charge in [-0.15, -0.1) is 0 Å². The lowest BCUT2D eigenvalue weighted by Gasteiger charge is -2.23. The third-order valence-electron chi connectivity index (χ3n) is 4.91. The highest BCUT2D eigenvalue weighted by atomic mass is 35.5. The topological polar surface area (TPSA) is 65.8 Å². The quantitative estimate of drug-likeness (QED) is 0.637. The van der Waals surface area contributed by atoms with Crippen LogP contribution in [0.4, 0.5) is 5.69 Å². The van der Waals surface area contributed by atoms with Crippen LogP contribution in [0.2, 0.25) is 5.02 Å². The number of likely N-dealkylation sites (N-methyl/N-ethyl adjacent to an activating group) is 1. The molecule has 4 rings (SSSR count). The number of halogens is 1. The van der Waals surface area contributed by atoms with Crippen LogP contribution in [-0.4, -0.2) is 37.0 Å². The Balaban J connectivity index is 1.64. The van der Waals surface area contributed by atoms with E-state index in [4.69, 9.17) is 25.8 Å². The second-order valence-electron chi connectivity index (χ2n) is 6.57. The maximum Gasteiger partial charge on any atom is 0.248 e. The molecule has 0 saturated heterocycles. The normalized spacial score (nSPS) is 11.9. The number of fused-ring (bicyclic) bond motifs is 3. The number of rotatable bonds is 5. The highest BCUT2D eigenvalue weighted by Gasteiger charge is 2.25. The molecule has 0 spiro atoms. The molecule has 1 aromatic heterocycles. The van der Waals surface area contributed by atoms with E-state index in [0.29, 0.717) is 28.8 Å². The van der Waals surface area contributed by atoms with Gasteiger partial charge in [-0.1, -0.05) is 23.7 Å². The first-order chi connectivity index (χ1) is 14.0. The Morgan fingerprint density at radius 2 is 2.00 bits per heavy atom. The Bertz CT molecular complexity index is 1080. The summed E-state index contributed by atoms with van der Waals surface area (Å²) in [7, 11) is 4.74. The molecule has 0 N–H and O–H groups in total. The Kier molecular flexibility index (Phi) is 5.07. The molecule has 1 amide bonds. The molecule has 2 aromatic carbocycles. The van der Waals surface area contributed by atoms with Crippen LogP contribution in [0.25, 0.3) is 11.3 Å². The summed E-state index contributed by atoms with van der Waals surface area (Å²) >= 11 is 6.25. The molecular formula is C21H20ClN3O4. The minimum absolute atomic E-state index is 0.0625. The average molecular weight is 414 g/mol. The zero-order valence-electron chi connectivity index (χ0n) is 16.3. The first-order valence-corrected chi connectivity index (χ1v) is 9.36. The van der Waals surface area contributed by atoms with E-state index >= 15 is 0 Å². The largest absolute Gasteiger partial charge is 0.495 e. The number of amides is 1. The third-order valence-corrected chi connectivity index (χ3v) is 5.21. The van der Waals surface area contributed by atoms with Gasteiger partial charge in [0.25, 0.3) is 0 Å². The number of anilines is 1. The van der Waals surface area contributed by atoms with E-state index in [9.17, 15) is 4.79 Å². The number of carbonyl (C=O) groups excluding carboxylic acids is 1. The van der Waals surface area contributed by atoms with Crippen molar-refractivity contribution >= 4 is 23.2 Å². The van der Waals surface area contributed by atoms with Crippen molar-refractivity contribution in [3.63, 3.8) is 0 Å². The van der Waals surface area contributed by atoms with Crippen LogP contribution in [0.1, 0.15) is 5.56 Å². The second-order valence-corrected chi connectivity index (χ2v) is 6.98. The highest BCUT2D eigenvalue weighted by molar-refractivity contribution is 6.32. The zero-order valence-corrected chi connectivity index (χ0v) is 17.1. The van der Waals surface area contributed by atoms with Crippen molar-refractivity contribution in [1.82, 2.24) is 9.78 Å². The molecule has 0 aliphatic carbocycles. The van der Waals surface area contributed by atoms with Crippen LogP contribution in [0.3, 0.4) is 0 Å². The van der Waals surface area contributed by atoms with E-state index in [2.05, 4.69) is 5.10 Å². The number of nitrogens with zero attached hydrogens (tertiary/aromatic N) is 3. The van der Waals surface area contributed by atoms with Crippen molar-refractivity contribution in [2.24, 2.45) is 0 Å². The van der Waals surface area contributed by atoms with Crippen LogP contribution < -0.4 is 19.1 Å². The lowest BCUT2D eigenvalue weighted by atomic mass is 10.0. The van der Waals surface area contributed by atoms with Crippen molar-refractivity contribution in [3.05, 3.63) is 53.2 Å². The molecule has 1 aliphatic rings. The molecule has 1 aliphatic heterocycles. The zero-order chi connectivity index (χ0) is 20.5. The van der Waals surface area contributed by atoms with Gasteiger partial charge in [0.2, 0.25) is 5.91 Å². The monoisotopic (exact) mass is 413 g/mol. The molecule has 0 atom stereocenters. The first-order valence-electron chi connectivity index (χ1n) is 8.98. The van der Waals surface area contributed by atoms with Crippen molar-refractivity contribution < 1.29 is 19.0 Å². The van der Waals surface area contributed by atoms with Crippen molar-refractivity contribution in [2.75, 3.05) is 26.2 Å². The fourth-order valence-corrected chi connectivity index (χ4v) is 3.62. The average Bonchev–Trinajstić information content (AvgIpc) is 3.16. The van der Waals surface area contributed by atoms with Crippen LogP contribution in [0.15, 0.2) is 42.6 Å². The van der Waals surface area contributed by atoms with E-state index in [-0.39, 0.29) is 12.5 Å². The molecule has 8 heteroatoms. The molecule has 3 aromatic rings. The summed E-state index contributed by atoms with van der Waals surface area (Å²) in [6.45, 7) is 0.491. The van der Waals surface area contributed by atoms with E-state index < -0.39 is 0 Å². The summed E-state index contributed by atoms with van der Waals surface area (Å²) in [5.74, 6) is 1.58. The summed E-state index contributed by atoms with van der Waals surface area (Å²) in [4.78, 5) is 14.5. The number of para-hydroxylation sites is 1. The summed E-state index contributed by atoms with van der Waals surface area (Å²) < 4.78 is 18.1. The van der Waals surface area contributed by atoms with E-state index in [1.54, 1.807) is 30.1 Å². The van der Waals surface area contributed by atoms with Crippen LogP contribution in [0.5, 0.6) is 17.2 Å². The van der Waals surface area contributed by atoms with Gasteiger partial charge in [-0.2, -0.15) is 5.10 Å². The highest BCUT2D eigenvalue weighted by Crippen LogP contribution is 2.39. The maximum atomic E-state index is 13.0. The second kappa shape index (κ2) is 7.67. The number of hydrogen-bond acceptors (Lipinski definition) is 5. The van der Waals surface area contributed by atoms with Gasteiger partial charge in [0.1, 0.15) is 30.4 Å². The summed E-state index contributed by atoms with van der Waals surface area (Å²) in [6, 6.07) is 11.0. The Hall–Kier alpha value is -3.19. The fraction of sp³-hybridized carbons (Fsp3) is 0.238.